The summed E-state index contributed by atoms with van der Waals surface area (Å²) >= 11 is 14.3. The van der Waals surface area contributed by atoms with Gasteiger partial charge in [0.15, 0.2) is 11.5 Å². The maximum Gasteiger partial charge on any atom is 0.246 e. The summed E-state index contributed by atoms with van der Waals surface area (Å²) in [6.45, 7) is 11.6. The monoisotopic (exact) mass is 1060 g/mol. The largest absolute Gasteiger partial charge is 0.495 e. The van der Waals surface area contributed by atoms with E-state index in [0.29, 0.717) is 94.1 Å². The highest BCUT2D eigenvalue weighted by Crippen LogP contribution is 2.41. The molecule has 0 radical (unpaired) electrons. The molecule has 4 heterocycles. The molecule has 0 spiro atoms. The molecule has 3 aromatic carbocycles. The minimum atomic E-state index is -0.934. The fourth-order valence-electron chi connectivity index (χ4n) is 9.03. The number of nitriles is 1. The number of piperazine rings is 1. The van der Waals surface area contributed by atoms with Crippen LogP contribution in [0.4, 0.5) is 11.4 Å². The molecule has 4 amide bonds. The van der Waals surface area contributed by atoms with Crippen molar-refractivity contribution in [1.29, 1.82) is 5.26 Å². The highest BCUT2D eigenvalue weighted by molar-refractivity contribution is 7.13. The van der Waals surface area contributed by atoms with Crippen molar-refractivity contribution in [2.45, 2.75) is 91.0 Å². The number of thiazole rings is 1. The zero-order valence-electron chi connectivity index (χ0n) is 42.1. The number of benzene rings is 3. The molecule has 0 saturated carbocycles. The number of aliphatic hydroxyl groups excluding tert-OH is 1. The van der Waals surface area contributed by atoms with E-state index in [4.69, 9.17) is 37.4 Å². The van der Waals surface area contributed by atoms with Crippen LogP contribution in [0, 0.1) is 23.7 Å². The van der Waals surface area contributed by atoms with Crippen molar-refractivity contribution in [1.82, 2.24) is 35.3 Å². The molecule has 2 aliphatic rings. The Balaban J connectivity index is 0.821. The Morgan fingerprint density at radius 3 is 2.33 bits per heavy atom. The van der Waals surface area contributed by atoms with E-state index in [-0.39, 0.29) is 43.7 Å². The molecule has 73 heavy (non-hydrogen) atoms. The highest BCUT2D eigenvalue weighted by Gasteiger charge is 2.44. The number of aryl methyl sites for hydroxylation is 1. The Kier molecular flexibility index (Phi) is 18.4. The van der Waals surface area contributed by atoms with E-state index >= 15 is 0 Å². The summed E-state index contributed by atoms with van der Waals surface area (Å²) in [7, 11) is 3.05. The lowest BCUT2D eigenvalue weighted by Crippen LogP contribution is -2.57. The van der Waals surface area contributed by atoms with E-state index in [1.165, 1.54) is 18.2 Å². The summed E-state index contributed by atoms with van der Waals surface area (Å²) in [6, 6.07) is 15.0. The van der Waals surface area contributed by atoms with Gasteiger partial charge in [0, 0.05) is 88.8 Å². The third kappa shape index (κ3) is 13.7. The van der Waals surface area contributed by atoms with Crippen molar-refractivity contribution in [3.05, 3.63) is 87.1 Å². The maximum atomic E-state index is 14.1. The lowest BCUT2D eigenvalue weighted by molar-refractivity contribution is -0.144. The van der Waals surface area contributed by atoms with Crippen molar-refractivity contribution in [2.24, 2.45) is 5.41 Å². The maximum absolute atomic E-state index is 14.1. The Morgan fingerprint density at radius 2 is 1.66 bits per heavy atom. The zero-order chi connectivity index (χ0) is 52.4. The van der Waals surface area contributed by atoms with E-state index < -0.39 is 29.5 Å². The molecule has 2 aliphatic heterocycles. The number of nitrogens with one attached hydrogen (secondary N) is 3. The molecule has 4 N–H and O–H groups in total. The molecule has 0 aliphatic carbocycles. The Hall–Kier alpha value is -6.23. The van der Waals surface area contributed by atoms with Gasteiger partial charge in [-0.05, 0) is 54.9 Å². The molecule has 2 aromatic heterocycles. The van der Waals surface area contributed by atoms with Crippen LogP contribution < -0.4 is 30.2 Å². The first-order valence-corrected chi connectivity index (χ1v) is 26.0. The minimum Gasteiger partial charge on any atom is -0.495 e. The third-order valence-corrected chi connectivity index (χ3v) is 14.7. The number of carbonyl (C=O) groups excluding carboxylic acids is 4. The third-order valence-electron chi connectivity index (χ3n) is 13.1. The molecule has 388 valence electrons. The zero-order valence-corrected chi connectivity index (χ0v) is 44.4. The number of carbonyl (C=O) groups is 4. The number of β-amino-alcohol motifs (C(OH)–C–C–N with tert-alkyl or cyclic N) is 1. The van der Waals surface area contributed by atoms with E-state index in [9.17, 15) is 29.5 Å². The normalized spacial score (nSPS) is 16.4. The predicted octanol–water partition coefficient (Wildman–Crippen LogP) is 7.89. The van der Waals surface area contributed by atoms with Gasteiger partial charge in [-0.15, -0.1) is 11.3 Å². The SMILES string of the molecule is COc1cc(Nc2c(C#N)cnc3cc(OCCCN4CCN(C(=O)CCCCC(=O)NC(C(=O)N5C[C@H](O)C[C@H]5C(=O)NCc5ccc(-c6scnc6C)cc5)C(C)(C)C)CC4)c(OC)cc23)c(Cl)cc1Cl. The number of likely N-dealkylation sites (tertiary alicyclic amines) is 1. The lowest BCUT2D eigenvalue weighted by Gasteiger charge is -2.35. The number of ether oxygens (including phenoxy) is 3. The minimum absolute atomic E-state index is 0.0127. The second-order valence-corrected chi connectivity index (χ2v) is 21.0. The van der Waals surface area contributed by atoms with Crippen LogP contribution in [0.1, 0.15) is 76.1 Å². The van der Waals surface area contributed by atoms with Crippen LogP contribution in [-0.4, -0.2) is 132 Å². The van der Waals surface area contributed by atoms with Gasteiger partial charge < -0.3 is 45.1 Å². The van der Waals surface area contributed by atoms with Crippen LogP contribution in [0.3, 0.4) is 0 Å². The highest BCUT2D eigenvalue weighted by atomic mass is 35.5. The van der Waals surface area contributed by atoms with E-state index in [2.05, 4.69) is 36.9 Å². The molecule has 0 bridgehead atoms. The summed E-state index contributed by atoms with van der Waals surface area (Å²) in [4.78, 5) is 69.6. The van der Waals surface area contributed by atoms with Gasteiger partial charge in [0.25, 0.3) is 0 Å². The number of fused-ring (bicyclic) bond motifs is 1. The first-order chi connectivity index (χ1) is 35.0. The summed E-state index contributed by atoms with van der Waals surface area (Å²) < 4.78 is 17.3. The second kappa shape index (κ2) is 24.7. The molecule has 7 rings (SSSR count). The number of rotatable bonds is 20. The quantitative estimate of drug-likeness (QED) is 0.0547. The van der Waals surface area contributed by atoms with Crippen LogP contribution in [0.25, 0.3) is 21.3 Å². The van der Waals surface area contributed by atoms with Gasteiger partial charge in [-0.25, -0.2) is 4.98 Å². The van der Waals surface area contributed by atoms with Crippen LogP contribution in [0.2, 0.25) is 10.0 Å². The number of methoxy groups -OCH3 is 2. The number of amides is 4. The number of pyridine rings is 1. The number of aliphatic hydroxyl groups is 1. The van der Waals surface area contributed by atoms with Gasteiger partial charge in [0.1, 0.15) is 23.9 Å². The number of anilines is 2. The van der Waals surface area contributed by atoms with Crippen molar-refractivity contribution in [2.75, 3.05) is 65.4 Å². The van der Waals surface area contributed by atoms with Crippen LogP contribution >= 0.6 is 34.5 Å². The average Bonchev–Trinajstić information content (AvgIpc) is 4.00. The first kappa shape index (κ1) is 54.5. The molecule has 20 heteroatoms. The molecular weight excluding hydrogens is 994 g/mol. The number of nitrogens with zero attached hydrogens (tertiary/aromatic N) is 6. The van der Waals surface area contributed by atoms with Crippen molar-refractivity contribution in [3.63, 3.8) is 0 Å². The number of hydrogen-bond donors (Lipinski definition) is 4. The molecule has 5 aromatic rings. The molecule has 17 nitrogen and oxygen atoms in total. The number of halogens is 2. The molecule has 2 saturated heterocycles. The lowest BCUT2D eigenvalue weighted by atomic mass is 9.85. The Labute approximate surface area is 440 Å². The fraction of sp³-hybridized carbons (Fsp3) is 0.453. The van der Waals surface area contributed by atoms with Gasteiger partial charge in [-0.1, -0.05) is 68.2 Å². The molecule has 2 fully saturated rings. The topological polar surface area (TPSA) is 212 Å². The molecule has 1 unspecified atom stereocenters. The number of unbranched alkanes of at least 4 members (excludes halogenated alkanes) is 1. The number of aromatic nitrogens is 2. The van der Waals surface area contributed by atoms with E-state index in [1.54, 1.807) is 42.7 Å². The second-order valence-electron chi connectivity index (χ2n) is 19.3. The number of hydrogen-bond acceptors (Lipinski definition) is 14. The van der Waals surface area contributed by atoms with Gasteiger partial charge in [0.05, 0.1) is 75.5 Å². The van der Waals surface area contributed by atoms with E-state index in [1.807, 2.05) is 62.4 Å². The van der Waals surface area contributed by atoms with Gasteiger partial charge in [0.2, 0.25) is 23.6 Å². The van der Waals surface area contributed by atoms with Crippen LogP contribution in [0.15, 0.2) is 60.2 Å². The molecule has 3 atom stereocenters. The Bertz CT molecular complexity index is 2830. The van der Waals surface area contributed by atoms with Crippen molar-refractivity contribution < 1.29 is 38.5 Å². The van der Waals surface area contributed by atoms with Crippen molar-refractivity contribution in [3.8, 4) is 33.8 Å². The van der Waals surface area contributed by atoms with Gasteiger partial charge in [-0.2, -0.15) is 5.26 Å². The van der Waals surface area contributed by atoms with Crippen molar-refractivity contribution >= 4 is 80.4 Å². The first-order valence-electron chi connectivity index (χ1n) is 24.4. The summed E-state index contributed by atoms with van der Waals surface area (Å²) in [5.74, 6) is 0.335. The summed E-state index contributed by atoms with van der Waals surface area (Å²) in [6.07, 6.45) is 2.86. The Morgan fingerprint density at radius 1 is 0.932 bits per heavy atom. The van der Waals surface area contributed by atoms with Crippen LogP contribution in [-0.2, 0) is 25.7 Å². The summed E-state index contributed by atoms with van der Waals surface area (Å²) in [5, 5.41) is 31.0. The average molecular weight is 1060 g/mol. The predicted molar refractivity (Wildman–Crippen MR) is 283 cm³/mol. The van der Waals surface area contributed by atoms with E-state index in [0.717, 1.165) is 47.8 Å². The smallest absolute Gasteiger partial charge is 0.246 e. The fourth-order valence-corrected chi connectivity index (χ4v) is 10.4. The van der Waals surface area contributed by atoms with Gasteiger partial charge in [-0.3, -0.25) is 29.1 Å². The van der Waals surface area contributed by atoms with Gasteiger partial charge >= 0.3 is 0 Å². The van der Waals surface area contributed by atoms with Crippen LogP contribution in [0.5, 0.6) is 17.2 Å². The summed E-state index contributed by atoms with van der Waals surface area (Å²) in [5.41, 5.74) is 5.88. The standard InChI is InChI=1S/C53H63Cl2N9O8S/c1-32-49(73-31-59-32)34-14-12-33(13-15-34)28-58-51(68)42-22-36(65)30-64(42)52(69)50(53(2,3)4)61-46(66)10-7-8-11-47(67)63-19-17-62(18-20-63)16-9-21-72-45-25-40-37(23-44(45)71-6)48(35(27-56)29-57-40)60-41-26-43(70-5)39(55)24-38(41)54/h12-15,23-26,29,31,36,42,50,65H,7-11,16-22,28,30H2,1-6H3,(H,57,60)(H,58,68)(H,61,66)/t36-,42+,50?/m1/s1. The molecular formula is C53H63Cl2N9O8S.